The van der Waals surface area contributed by atoms with Crippen LogP contribution >= 0.6 is 0 Å². The summed E-state index contributed by atoms with van der Waals surface area (Å²) < 4.78 is 23.3. The standard InChI is InChI=1S/C13H17FN2O3/c1-18-12-6-9(14)2-3-11(12)16-13(17)7-10-8-19-5-4-15-10/h2-3,6,10,15H,4-5,7-8H2,1H3,(H,16,17). The van der Waals surface area contributed by atoms with Gasteiger partial charge in [0.05, 0.1) is 26.0 Å². The zero-order valence-electron chi connectivity index (χ0n) is 10.7. The highest BCUT2D eigenvalue weighted by Gasteiger charge is 2.17. The van der Waals surface area contributed by atoms with Crippen molar-refractivity contribution in [3.05, 3.63) is 24.0 Å². The van der Waals surface area contributed by atoms with E-state index < -0.39 is 5.82 Å². The minimum absolute atomic E-state index is 0.0141. The van der Waals surface area contributed by atoms with E-state index in [4.69, 9.17) is 9.47 Å². The molecule has 1 atom stereocenters. The van der Waals surface area contributed by atoms with E-state index in [9.17, 15) is 9.18 Å². The highest BCUT2D eigenvalue weighted by atomic mass is 19.1. The van der Waals surface area contributed by atoms with Gasteiger partial charge in [-0.15, -0.1) is 0 Å². The Kier molecular flexibility index (Phi) is 4.70. The summed E-state index contributed by atoms with van der Waals surface area (Å²) in [5.41, 5.74) is 0.464. The van der Waals surface area contributed by atoms with Crippen LogP contribution in [0.1, 0.15) is 6.42 Å². The van der Waals surface area contributed by atoms with Crippen molar-refractivity contribution in [1.29, 1.82) is 0 Å². The number of carbonyl (C=O) groups excluding carboxylic acids is 1. The monoisotopic (exact) mass is 268 g/mol. The summed E-state index contributed by atoms with van der Waals surface area (Å²) in [7, 11) is 1.43. The van der Waals surface area contributed by atoms with E-state index in [2.05, 4.69) is 10.6 Å². The zero-order chi connectivity index (χ0) is 13.7. The molecule has 1 aromatic carbocycles. The first-order chi connectivity index (χ1) is 9.19. The number of carbonyl (C=O) groups is 1. The molecule has 5 nitrogen and oxygen atoms in total. The van der Waals surface area contributed by atoms with Gasteiger partial charge in [-0.25, -0.2) is 4.39 Å². The van der Waals surface area contributed by atoms with Gasteiger partial charge in [-0.2, -0.15) is 0 Å². The number of morpholine rings is 1. The van der Waals surface area contributed by atoms with Crippen molar-refractivity contribution in [3.63, 3.8) is 0 Å². The minimum atomic E-state index is -0.405. The van der Waals surface area contributed by atoms with E-state index in [0.29, 0.717) is 31.1 Å². The smallest absolute Gasteiger partial charge is 0.226 e. The molecule has 2 N–H and O–H groups in total. The van der Waals surface area contributed by atoms with Crippen molar-refractivity contribution in [3.8, 4) is 5.75 Å². The van der Waals surface area contributed by atoms with Gasteiger partial charge in [0.2, 0.25) is 5.91 Å². The van der Waals surface area contributed by atoms with Gasteiger partial charge in [0, 0.05) is 25.1 Å². The Morgan fingerprint density at radius 1 is 1.63 bits per heavy atom. The van der Waals surface area contributed by atoms with Crippen LogP contribution in [0, 0.1) is 5.82 Å². The fourth-order valence-corrected chi connectivity index (χ4v) is 1.94. The van der Waals surface area contributed by atoms with Gasteiger partial charge in [0.25, 0.3) is 0 Å². The van der Waals surface area contributed by atoms with Crippen LogP contribution < -0.4 is 15.4 Å². The molecule has 19 heavy (non-hydrogen) atoms. The number of nitrogens with one attached hydrogen (secondary N) is 2. The van der Waals surface area contributed by atoms with Crippen LogP contribution in [0.25, 0.3) is 0 Å². The molecule has 1 amide bonds. The van der Waals surface area contributed by atoms with Crippen LogP contribution in [-0.4, -0.2) is 38.8 Å². The molecule has 0 radical (unpaired) electrons. The van der Waals surface area contributed by atoms with Gasteiger partial charge >= 0.3 is 0 Å². The SMILES string of the molecule is COc1cc(F)ccc1NC(=O)CC1COCCN1. The number of halogens is 1. The fourth-order valence-electron chi connectivity index (χ4n) is 1.94. The van der Waals surface area contributed by atoms with Crippen LogP contribution in [0.15, 0.2) is 18.2 Å². The Labute approximate surface area is 111 Å². The molecule has 0 spiro atoms. The maximum Gasteiger partial charge on any atom is 0.226 e. The number of rotatable bonds is 4. The molecule has 0 aromatic heterocycles. The number of hydrogen-bond donors (Lipinski definition) is 2. The van der Waals surface area contributed by atoms with E-state index in [1.54, 1.807) is 0 Å². The second-order valence-electron chi connectivity index (χ2n) is 4.32. The number of ether oxygens (including phenoxy) is 2. The lowest BCUT2D eigenvalue weighted by atomic mass is 10.2. The summed E-state index contributed by atoms with van der Waals surface area (Å²) in [6.07, 6.45) is 0.306. The third-order valence-electron chi connectivity index (χ3n) is 2.87. The molecular formula is C13H17FN2O3. The normalized spacial score (nSPS) is 18.9. The maximum absolute atomic E-state index is 13.0. The van der Waals surface area contributed by atoms with E-state index in [1.165, 1.54) is 25.3 Å². The predicted octanol–water partition coefficient (Wildman–Crippen LogP) is 1.15. The summed E-state index contributed by atoms with van der Waals surface area (Å²) in [6.45, 7) is 1.94. The van der Waals surface area contributed by atoms with Gasteiger partial charge in [0.1, 0.15) is 11.6 Å². The van der Waals surface area contributed by atoms with Crippen molar-refractivity contribution >= 4 is 11.6 Å². The number of anilines is 1. The van der Waals surface area contributed by atoms with E-state index in [0.717, 1.165) is 6.54 Å². The van der Waals surface area contributed by atoms with Crippen molar-refractivity contribution in [2.45, 2.75) is 12.5 Å². The number of benzene rings is 1. The van der Waals surface area contributed by atoms with Crippen LogP contribution in [-0.2, 0) is 9.53 Å². The van der Waals surface area contributed by atoms with Crippen molar-refractivity contribution in [2.75, 3.05) is 32.2 Å². The Morgan fingerprint density at radius 3 is 3.16 bits per heavy atom. The molecule has 1 saturated heterocycles. The zero-order valence-corrected chi connectivity index (χ0v) is 10.7. The molecular weight excluding hydrogens is 251 g/mol. The first kappa shape index (κ1) is 13.8. The van der Waals surface area contributed by atoms with Crippen molar-refractivity contribution in [1.82, 2.24) is 5.32 Å². The van der Waals surface area contributed by atoms with Gasteiger partial charge in [-0.05, 0) is 12.1 Å². The molecule has 1 aromatic rings. The van der Waals surface area contributed by atoms with Crippen molar-refractivity contribution in [2.24, 2.45) is 0 Å². The average molecular weight is 268 g/mol. The van der Waals surface area contributed by atoms with Crippen molar-refractivity contribution < 1.29 is 18.7 Å². The molecule has 104 valence electrons. The van der Waals surface area contributed by atoms with Crippen LogP contribution in [0.3, 0.4) is 0 Å². The number of methoxy groups -OCH3 is 1. The Balaban J connectivity index is 1.94. The topological polar surface area (TPSA) is 59.6 Å². The molecule has 6 heteroatoms. The molecule has 1 fully saturated rings. The predicted molar refractivity (Wildman–Crippen MR) is 68.8 cm³/mol. The summed E-state index contributed by atoms with van der Waals surface area (Å²) in [6, 6.07) is 4.01. The Bertz CT molecular complexity index is 448. The van der Waals surface area contributed by atoms with Gasteiger partial charge in [0.15, 0.2) is 0 Å². The summed E-state index contributed by atoms with van der Waals surface area (Å²) in [5, 5.41) is 5.91. The first-order valence-corrected chi connectivity index (χ1v) is 6.13. The molecule has 0 bridgehead atoms. The molecule has 1 heterocycles. The first-order valence-electron chi connectivity index (χ1n) is 6.13. The minimum Gasteiger partial charge on any atom is -0.494 e. The molecule has 1 aliphatic rings. The van der Waals surface area contributed by atoms with E-state index in [1.807, 2.05) is 0 Å². The van der Waals surface area contributed by atoms with Crippen LogP contribution in [0.4, 0.5) is 10.1 Å². The van der Waals surface area contributed by atoms with Crippen LogP contribution in [0.2, 0.25) is 0 Å². The quantitative estimate of drug-likeness (QED) is 0.860. The Hall–Kier alpha value is -1.66. The largest absolute Gasteiger partial charge is 0.494 e. The highest BCUT2D eigenvalue weighted by molar-refractivity contribution is 5.92. The van der Waals surface area contributed by atoms with Gasteiger partial charge in [-0.3, -0.25) is 4.79 Å². The lowest BCUT2D eigenvalue weighted by molar-refractivity contribution is -0.117. The third kappa shape index (κ3) is 3.90. The number of amides is 1. The molecule has 2 rings (SSSR count). The Morgan fingerprint density at radius 2 is 2.47 bits per heavy atom. The molecule has 0 saturated carbocycles. The average Bonchev–Trinajstić information content (AvgIpc) is 2.42. The molecule has 1 aliphatic heterocycles. The van der Waals surface area contributed by atoms with Gasteiger partial charge in [-0.1, -0.05) is 0 Å². The maximum atomic E-state index is 13.0. The van der Waals surface area contributed by atoms with E-state index in [-0.39, 0.29) is 11.9 Å². The summed E-state index contributed by atoms with van der Waals surface area (Å²) in [4.78, 5) is 11.9. The highest BCUT2D eigenvalue weighted by Crippen LogP contribution is 2.25. The second kappa shape index (κ2) is 6.49. The fraction of sp³-hybridized carbons (Fsp3) is 0.462. The molecule has 1 unspecified atom stereocenters. The third-order valence-corrected chi connectivity index (χ3v) is 2.87. The lowest BCUT2D eigenvalue weighted by Crippen LogP contribution is -2.43. The molecule has 0 aliphatic carbocycles. The second-order valence-corrected chi connectivity index (χ2v) is 4.32. The lowest BCUT2D eigenvalue weighted by Gasteiger charge is -2.23. The van der Waals surface area contributed by atoms with Crippen LogP contribution in [0.5, 0.6) is 5.75 Å². The summed E-state index contributed by atoms with van der Waals surface area (Å²) in [5.74, 6) is -0.258. The number of hydrogen-bond acceptors (Lipinski definition) is 4. The van der Waals surface area contributed by atoms with Gasteiger partial charge < -0.3 is 20.1 Å². The van der Waals surface area contributed by atoms with E-state index >= 15 is 0 Å². The summed E-state index contributed by atoms with van der Waals surface area (Å²) >= 11 is 0.